The SMILES string of the molecule is Nc1cccc(Cl)c1COc1c(F)cc(F)cc1Br. The molecule has 2 rings (SSSR count). The number of anilines is 1. The van der Waals surface area contributed by atoms with Crippen LogP contribution in [0.2, 0.25) is 5.02 Å². The summed E-state index contributed by atoms with van der Waals surface area (Å²) in [4.78, 5) is 0. The standard InChI is InChI=1S/C13H9BrClF2NO/c14-9-4-7(16)5-11(17)13(9)19-6-8-10(15)2-1-3-12(8)18/h1-5H,6,18H2. The molecule has 0 saturated carbocycles. The van der Waals surface area contributed by atoms with Crippen LogP contribution in [0.15, 0.2) is 34.8 Å². The third-order valence-corrected chi connectivity index (χ3v) is 3.42. The Balaban J connectivity index is 2.24. The Bertz CT molecular complexity index is 578. The van der Waals surface area contributed by atoms with Crippen LogP contribution in [0.1, 0.15) is 5.56 Å². The first-order chi connectivity index (χ1) is 8.99. The number of halogens is 4. The fourth-order valence-electron chi connectivity index (χ4n) is 1.54. The summed E-state index contributed by atoms with van der Waals surface area (Å²) < 4.78 is 32.0. The van der Waals surface area contributed by atoms with Gasteiger partial charge in [-0.15, -0.1) is 0 Å². The minimum absolute atomic E-state index is 0.00728. The summed E-state index contributed by atoms with van der Waals surface area (Å²) in [5.41, 5.74) is 6.76. The predicted octanol–water partition coefficient (Wildman–Crippen LogP) is 4.54. The van der Waals surface area contributed by atoms with Crippen molar-refractivity contribution < 1.29 is 13.5 Å². The van der Waals surface area contributed by atoms with Gasteiger partial charge in [0.25, 0.3) is 0 Å². The van der Waals surface area contributed by atoms with Crippen molar-refractivity contribution in [3.05, 3.63) is 57.0 Å². The highest BCUT2D eigenvalue weighted by Gasteiger charge is 2.13. The quantitative estimate of drug-likeness (QED) is 0.826. The molecule has 0 bridgehead atoms. The molecular formula is C13H9BrClF2NO. The molecule has 0 amide bonds. The smallest absolute Gasteiger partial charge is 0.169 e. The lowest BCUT2D eigenvalue weighted by Crippen LogP contribution is -2.03. The Morgan fingerprint density at radius 1 is 1.26 bits per heavy atom. The van der Waals surface area contributed by atoms with Gasteiger partial charge in [0, 0.05) is 22.3 Å². The molecule has 100 valence electrons. The van der Waals surface area contributed by atoms with Gasteiger partial charge in [-0.05, 0) is 34.1 Å². The number of hydrogen-bond acceptors (Lipinski definition) is 2. The summed E-state index contributed by atoms with van der Waals surface area (Å²) in [5.74, 6) is -1.56. The van der Waals surface area contributed by atoms with Crippen LogP contribution in [-0.4, -0.2) is 0 Å². The molecule has 0 fully saturated rings. The van der Waals surface area contributed by atoms with E-state index in [2.05, 4.69) is 15.9 Å². The minimum Gasteiger partial charge on any atom is -0.484 e. The predicted molar refractivity (Wildman–Crippen MR) is 74.3 cm³/mol. The first-order valence-electron chi connectivity index (χ1n) is 5.29. The molecule has 2 nitrogen and oxygen atoms in total. The number of nitrogens with two attached hydrogens (primary N) is 1. The highest BCUT2D eigenvalue weighted by Crippen LogP contribution is 2.31. The molecule has 2 N–H and O–H groups in total. The van der Waals surface area contributed by atoms with Crippen molar-refractivity contribution in [2.45, 2.75) is 6.61 Å². The summed E-state index contributed by atoms with van der Waals surface area (Å²) in [6, 6.07) is 6.90. The van der Waals surface area contributed by atoms with Gasteiger partial charge in [0.15, 0.2) is 11.6 Å². The zero-order valence-electron chi connectivity index (χ0n) is 9.59. The van der Waals surface area contributed by atoms with Gasteiger partial charge in [0.1, 0.15) is 12.4 Å². The Labute approximate surface area is 122 Å². The number of rotatable bonds is 3. The third-order valence-electron chi connectivity index (χ3n) is 2.48. The number of benzene rings is 2. The molecule has 0 heterocycles. The maximum absolute atomic E-state index is 13.6. The highest BCUT2D eigenvalue weighted by atomic mass is 79.9. The molecule has 0 atom stereocenters. The fourth-order valence-corrected chi connectivity index (χ4v) is 2.30. The Morgan fingerprint density at radius 2 is 2.00 bits per heavy atom. The van der Waals surface area contributed by atoms with E-state index in [4.69, 9.17) is 22.1 Å². The van der Waals surface area contributed by atoms with Crippen LogP contribution in [0.3, 0.4) is 0 Å². The van der Waals surface area contributed by atoms with Gasteiger partial charge in [-0.25, -0.2) is 8.78 Å². The zero-order valence-corrected chi connectivity index (χ0v) is 11.9. The molecule has 6 heteroatoms. The van der Waals surface area contributed by atoms with Crippen LogP contribution in [0.4, 0.5) is 14.5 Å². The Morgan fingerprint density at radius 3 is 2.63 bits per heavy atom. The van der Waals surface area contributed by atoms with Crippen LogP contribution in [0, 0.1) is 11.6 Å². The van der Waals surface area contributed by atoms with E-state index >= 15 is 0 Å². The fraction of sp³-hybridized carbons (Fsp3) is 0.0769. The van der Waals surface area contributed by atoms with Gasteiger partial charge in [-0.3, -0.25) is 0 Å². The van der Waals surface area contributed by atoms with E-state index in [0.29, 0.717) is 16.3 Å². The summed E-state index contributed by atoms with van der Waals surface area (Å²) in [5, 5.41) is 0.429. The first-order valence-corrected chi connectivity index (χ1v) is 6.46. The van der Waals surface area contributed by atoms with E-state index in [1.807, 2.05) is 0 Å². The van der Waals surface area contributed by atoms with E-state index < -0.39 is 11.6 Å². The van der Waals surface area contributed by atoms with Crippen molar-refractivity contribution in [2.75, 3.05) is 5.73 Å². The summed E-state index contributed by atoms with van der Waals surface area (Å²) >= 11 is 9.01. The monoisotopic (exact) mass is 347 g/mol. The van der Waals surface area contributed by atoms with E-state index in [9.17, 15) is 8.78 Å². The van der Waals surface area contributed by atoms with E-state index in [0.717, 1.165) is 12.1 Å². The second-order valence-electron chi connectivity index (χ2n) is 3.79. The lowest BCUT2D eigenvalue weighted by molar-refractivity contribution is 0.288. The van der Waals surface area contributed by atoms with Crippen molar-refractivity contribution in [2.24, 2.45) is 0 Å². The van der Waals surface area contributed by atoms with E-state index in [1.165, 1.54) is 0 Å². The van der Waals surface area contributed by atoms with Crippen LogP contribution < -0.4 is 10.5 Å². The van der Waals surface area contributed by atoms with E-state index in [1.54, 1.807) is 18.2 Å². The van der Waals surface area contributed by atoms with Crippen molar-refractivity contribution in [1.29, 1.82) is 0 Å². The molecule has 19 heavy (non-hydrogen) atoms. The minimum atomic E-state index is -0.794. The zero-order chi connectivity index (χ0) is 14.0. The van der Waals surface area contributed by atoms with Gasteiger partial charge in [0.2, 0.25) is 0 Å². The largest absolute Gasteiger partial charge is 0.484 e. The third kappa shape index (κ3) is 3.16. The second kappa shape index (κ2) is 5.75. The summed E-state index contributed by atoms with van der Waals surface area (Å²) in [7, 11) is 0. The van der Waals surface area contributed by atoms with Crippen molar-refractivity contribution in [1.82, 2.24) is 0 Å². The Kier molecular flexibility index (Phi) is 4.27. The van der Waals surface area contributed by atoms with Crippen molar-refractivity contribution >= 4 is 33.2 Å². The molecular weight excluding hydrogens is 340 g/mol. The normalized spacial score (nSPS) is 10.5. The number of nitrogen functional groups attached to an aromatic ring is 1. The summed E-state index contributed by atoms with van der Waals surface area (Å²) in [6.07, 6.45) is 0. The molecule has 0 aliphatic heterocycles. The van der Waals surface area contributed by atoms with Gasteiger partial charge < -0.3 is 10.5 Å². The van der Waals surface area contributed by atoms with Crippen LogP contribution in [0.25, 0.3) is 0 Å². The molecule has 2 aromatic carbocycles. The maximum atomic E-state index is 13.6. The van der Waals surface area contributed by atoms with Gasteiger partial charge in [-0.1, -0.05) is 17.7 Å². The molecule has 0 spiro atoms. The van der Waals surface area contributed by atoms with Gasteiger partial charge in [0.05, 0.1) is 4.47 Å². The topological polar surface area (TPSA) is 35.2 Å². The summed E-state index contributed by atoms with van der Waals surface area (Å²) in [6.45, 7) is -0.00728. The maximum Gasteiger partial charge on any atom is 0.169 e. The van der Waals surface area contributed by atoms with Crippen LogP contribution in [-0.2, 0) is 6.61 Å². The molecule has 0 aromatic heterocycles. The number of hydrogen-bond donors (Lipinski definition) is 1. The van der Waals surface area contributed by atoms with E-state index in [-0.39, 0.29) is 16.8 Å². The molecule has 0 aliphatic rings. The first kappa shape index (κ1) is 14.1. The van der Waals surface area contributed by atoms with Crippen molar-refractivity contribution in [3.63, 3.8) is 0 Å². The van der Waals surface area contributed by atoms with Gasteiger partial charge in [-0.2, -0.15) is 0 Å². The van der Waals surface area contributed by atoms with Crippen LogP contribution in [0.5, 0.6) is 5.75 Å². The molecule has 0 aliphatic carbocycles. The molecule has 0 unspecified atom stereocenters. The second-order valence-corrected chi connectivity index (χ2v) is 5.06. The van der Waals surface area contributed by atoms with Crippen LogP contribution >= 0.6 is 27.5 Å². The lowest BCUT2D eigenvalue weighted by Gasteiger charge is -2.12. The number of ether oxygens (including phenoxy) is 1. The molecule has 2 aromatic rings. The Hall–Kier alpha value is -1.33. The average molecular weight is 349 g/mol. The molecule has 0 radical (unpaired) electrons. The average Bonchev–Trinajstić information content (AvgIpc) is 2.31. The van der Waals surface area contributed by atoms with Gasteiger partial charge >= 0.3 is 0 Å². The highest BCUT2D eigenvalue weighted by molar-refractivity contribution is 9.10. The molecule has 0 saturated heterocycles. The van der Waals surface area contributed by atoms with Crippen molar-refractivity contribution in [3.8, 4) is 5.75 Å². The lowest BCUT2D eigenvalue weighted by atomic mass is 10.2.